The number of anilines is 1. The number of carbonyl (C=O) groups is 1. The van der Waals surface area contributed by atoms with Crippen molar-refractivity contribution in [2.45, 2.75) is 11.3 Å². The summed E-state index contributed by atoms with van der Waals surface area (Å²) in [7, 11) is -3.75. The zero-order valence-electron chi connectivity index (χ0n) is 14.9. The normalized spacial score (nSPS) is 11.0. The lowest BCUT2D eigenvalue weighted by atomic mass is 10.1. The Labute approximate surface area is 165 Å². The fourth-order valence-electron chi connectivity index (χ4n) is 2.41. The molecule has 0 radical (unpaired) electrons. The molecule has 10 nitrogen and oxygen atoms in total. The van der Waals surface area contributed by atoms with Crippen LogP contribution >= 0.6 is 0 Å². The third-order valence-electron chi connectivity index (χ3n) is 3.79. The number of nitriles is 1. The van der Waals surface area contributed by atoms with Gasteiger partial charge in [0.15, 0.2) is 5.82 Å². The summed E-state index contributed by atoms with van der Waals surface area (Å²) in [6.07, 6.45) is 0.0566. The second-order valence-corrected chi connectivity index (χ2v) is 7.58. The summed E-state index contributed by atoms with van der Waals surface area (Å²) in [5.41, 5.74) is 1.24. The molecule has 2 aromatic carbocycles. The molecule has 3 N–H and O–H groups in total. The Morgan fingerprint density at radius 2 is 1.97 bits per heavy atom. The number of rotatable bonds is 7. The molecule has 0 atom stereocenters. The Bertz CT molecular complexity index is 1220. The summed E-state index contributed by atoms with van der Waals surface area (Å²) >= 11 is 0. The molecule has 3 rings (SSSR count). The molecule has 29 heavy (non-hydrogen) atoms. The monoisotopic (exact) mass is 413 g/mol. The Balaban J connectivity index is 1.72. The fourth-order valence-corrected chi connectivity index (χ4v) is 3.44. The van der Waals surface area contributed by atoms with Gasteiger partial charge in [-0.05, 0) is 36.4 Å². The standard InChI is InChI=1S/C18H15N5O5S/c19-9-2-10-20-29(26,27)15-7-5-12(6-8-15)17(24)21-14-4-1-3-13(11-14)16-22-18(25)28-23-16/h1,3-8,11,20H,2,10H2,(H,21,24)(H,22,23,25). The zero-order chi connectivity index (χ0) is 20.9. The van der Waals surface area contributed by atoms with E-state index >= 15 is 0 Å². The molecule has 1 heterocycles. The van der Waals surface area contributed by atoms with Crippen LogP contribution in [-0.2, 0) is 10.0 Å². The van der Waals surface area contributed by atoms with Crippen molar-refractivity contribution in [2.24, 2.45) is 0 Å². The Morgan fingerprint density at radius 1 is 1.21 bits per heavy atom. The number of aromatic amines is 1. The second-order valence-electron chi connectivity index (χ2n) is 5.81. The van der Waals surface area contributed by atoms with Gasteiger partial charge in [0.2, 0.25) is 10.0 Å². The van der Waals surface area contributed by atoms with E-state index in [1.807, 2.05) is 6.07 Å². The molecule has 0 spiro atoms. The second kappa shape index (κ2) is 8.51. The van der Waals surface area contributed by atoms with Crippen molar-refractivity contribution in [3.05, 3.63) is 64.6 Å². The first-order valence-electron chi connectivity index (χ1n) is 8.33. The highest BCUT2D eigenvalue weighted by molar-refractivity contribution is 7.89. The molecule has 0 aliphatic heterocycles. The largest absolute Gasteiger partial charge is 0.439 e. The van der Waals surface area contributed by atoms with E-state index in [2.05, 4.69) is 24.7 Å². The lowest BCUT2D eigenvalue weighted by Gasteiger charge is -2.08. The number of hydrogen-bond acceptors (Lipinski definition) is 7. The minimum absolute atomic E-state index is 0.00813. The maximum atomic E-state index is 12.4. The van der Waals surface area contributed by atoms with Crippen LogP contribution in [0.1, 0.15) is 16.8 Å². The summed E-state index contributed by atoms with van der Waals surface area (Å²) in [5.74, 6) is -0.909. The molecule has 1 aromatic heterocycles. The molecular weight excluding hydrogens is 398 g/mol. The van der Waals surface area contributed by atoms with Crippen molar-refractivity contribution in [3.63, 3.8) is 0 Å². The van der Waals surface area contributed by atoms with Crippen molar-refractivity contribution >= 4 is 21.6 Å². The number of sulfonamides is 1. The maximum absolute atomic E-state index is 12.4. The number of amides is 1. The Hall–Kier alpha value is -3.75. The topological polar surface area (TPSA) is 158 Å². The van der Waals surface area contributed by atoms with Crippen molar-refractivity contribution in [1.29, 1.82) is 5.26 Å². The first-order valence-corrected chi connectivity index (χ1v) is 9.82. The van der Waals surface area contributed by atoms with Gasteiger partial charge in [-0.2, -0.15) is 5.26 Å². The molecule has 1 amide bonds. The SMILES string of the molecule is N#CCCNS(=O)(=O)c1ccc(C(=O)Nc2cccc(-c3noc(=O)[nH]3)c2)cc1. The highest BCUT2D eigenvalue weighted by Gasteiger charge is 2.15. The first-order chi connectivity index (χ1) is 13.9. The van der Waals surface area contributed by atoms with Gasteiger partial charge in [0.05, 0.1) is 11.0 Å². The number of nitrogens with one attached hydrogen (secondary N) is 3. The Morgan fingerprint density at radius 3 is 2.62 bits per heavy atom. The molecule has 0 fully saturated rings. The summed E-state index contributed by atoms with van der Waals surface area (Å²) in [4.78, 5) is 25.9. The van der Waals surface area contributed by atoms with E-state index < -0.39 is 21.7 Å². The zero-order valence-corrected chi connectivity index (χ0v) is 15.7. The minimum atomic E-state index is -3.75. The average molecular weight is 413 g/mol. The molecule has 0 saturated heterocycles. The van der Waals surface area contributed by atoms with Gasteiger partial charge in [-0.15, -0.1) is 0 Å². The third kappa shape index (κ3) is 4.95. The fraction of sp³-hybridized carbons (Fsp3) is 0.111. The van der Waals surface area contributed by atoms with Crippen LogP contribution < -0.4 is 15.8 Å². The molecule has 0 aliphatic rings. The highest BCUT2D eigenvalue weighted by atomic mass is 32.2. The van der Waals surface area contributed by atoms with Crippen LogP contribution in [0.2, 0.25) is 0 Å². The van der Waals surface area contributed by atoms with E-state index in [0.717, 1.165) is 0 Å². The van der Waals surface area contributed by atoms with Crippen molar-refractivity contribution < 1.29 is 17.7 Å². The van der Waals surface area contributed by atoms with Gasteiger partial charge in [-0.1, -0.05) is 17.3 Å². The third-order valence-corrected chi connectivity index (χ3v) is 5.27. The predicted molar refractivity (Wildman–Crippen MR) is 102 cm³/mol. The van der Waals surface area contributed by atoms with Crippen LogP contribution in [0.3, 0.4) is 0 Å². The van der Waals surface area contributed by atoms with Crippen molar-refractivity contribution in [3.8, 4) is 17.5 Å². The van der Waals surface area contributed by atoms with E-state index in [1.54, 1.807) is 24.3 Å². The average Bonchev–Trinajstić information content (AvgIpc) is 3.15. The van der Waals surface area contributed by atoms with Gasteiger partial charge in [-0.25, -0.2) is 17.9 Å². The van der Waals surface area contributed by atoms with E-state index in [-0.39, 0.29) is 29.2 Å². The van der Waals surface area contributed by atoms with E-state index in [9.17, 15) is 18.0 Å². The van der Waals surface area contributed by atoms with Gasteiger partial charge >= 0.3 is 5.76 Å². The lowest BCUT2D eigenvalue weighted by molar-refractivity contribution is 0.102. The summed E-state index contributed by atoms with van der Waals surface area (Å²) in [6.45, 7) is 0.00813. The van der Waals surface area contributed by atoms with Crippen LogP contribution in [0.5, 0.6) is 0 Å². The van der Waals surface area contributed by atoms with E-state index in [1.165, 1.54) is 24.3 Å². The molecule has 0 saturated carbocycles. The van der Waals surface area contributed by atoms with Crippen LogP contribution in [0.15, 0.2) is 62.7 Å². The van der Waals surface area contributed by atoms with Crippen molar-refractivity contribution in [2.75, 3.05) is 11.9 Å². The van der Waals surface area contributed by atoms with E-state index in [0.29, 0.717) is 11.3 Å². The summed E-state index contributed by atoms with van der Waals surface area (Å²) in [6, 6.07) is 13.8. The maximum Gasteiger partial charge on any atom is 0.439 e. The van der Waals surface area contributed by atoms with Crippen molar-refractivity contribution in [1.82, 2.24) is 14.9 Å². The number of aromatic nitrogens is 2. The predicted octanol–water partition coefficient (Wildman–Crippen LogP) is 1.47. The number of nitrogens with zero attached hydrogens (tertiary/aromatic N) is 2. The highest BCUT2D eigenvalue weighted by Crippen LogP contribution is 2.19. The molecule has 3 aromatic rings. The van der Waals surface area contributed by atoms with Crippen LogP contribution in [-0.4, -0.2) is 31.0 Å². The number of H-pyrrole nitrogens is 1. The van der Waals surface area contributed by atoms with Crippen LogP contribution in [0.4, 0.5) is 5.69 Å². The quantitative estimate of drug-likeness (QED) is 0.495. The number of carbonyl (C=O) groups excluding carboxylic acids is 1. The molecule has 148 valence electrons. The lowest BCUT2D eigenvalue weighted by Crippen LogP contribution is -2.24. The minimum Gasteiger partial charge on any atom is -0.322 e. The smallest absolute Gasteiger partial charge is 0.322 e. The number of hydrogen-bond donors (Lipinski definition) is 3. The summed E-state index contributed by atoms with van der Waals surface area (Å²) in [5, 5.41) is 14.8. The van der Waals surface area contributed by atoms with Crippen LogP contribution in [0, 0.1) is 11.3 Å². The van der Waals surface area contributed by atoms with Gasteiger partial charge < -0.3 is 5.32 Å². The summed E-state index contributed by atoms with van der Waals surface area (Å²) < 4.78 is 30.9. The molecule has 0 bridgehead atoms. The Kier molecular flexibility index (Phi) is 5.87. The van der Waals surface area contributed by atoms with Crippen LogP contribution in [0.25, 0.3) is 11.4 Å². The van der Waals surface area contributed by atoms with E-state index in [4.69, 9.17) is 5.26 Å². The molecule has 11 heteroatoms. The van der Waals surface area contributed by atoms with Gasteiger partial charge in [0.25, 0.3) is 5.91 Å². The first kappa shape index (κ1) is 20.0. The van der Waals surface area contributed by atoms with Gasteiger partial charge in [0.1, 0.15) is 0 Å². The number of benzene rings is 2. The molecular formula is C18H15N5O5S. The molecule has 0 aliphatic carbocycles. The molecule has 0 unspecified atom stereocenters. The van der Waals surface area contributed by atoms with Gasteiger partial charge in [0, 0.05) is 29.8 Å². The van der Waals surface area contributed by atoms with Gasteiger partial charge in [-0.3, -0.25) is 14.3 Å².